The molecule has 3 rings (SSSR count). The fraction of sp³-hybridized carbons (Fsp3) is 0.118. The lowest BCUT2D eigenvalue weighted by atomic mass is 10.1. The van der Waals surface area contributed by atoms with E-state index in [0.29, 0.717) is 6.42 Å². The third-order valence-corrected chi connectivity index (χ3v) is 4.23. The summed E-state index contributed by atoms with van der Waals surface area (Å²) in [5.41, 5.74) is 5.36. The maximum atomic E-state index is 11.8. The van der Waals surface area contributed by atoms with Gasteiger partial charge in [0.15, 0.2) is 0 Å². The Balaban J connectivity index is 1.63. The average Bonchev–Trinajstić information content (AvgIpc) is 3.26. The molecule has 2 aromatic heterocycles. The van der Waals surface area contributed by atoms with Crippen LogP contribution in [0.2, 0.25) is 0 Å². The van der Waals surface area contributed by atoms with Crippen LogP contribution in [0, 0.1) is 0 Å². The molecule has 0 unspecified atom stereocenters. The number of nitrogens with one attached hydrogen (secondary N) is 1. The summed E-state index contributed by atoms with van der Waals surface area (Å²) in [5, 5.41) is 6.13. The van der Waals surface area contributed by atoms with E-state index in [-0.39, 0.29) is 5.91 Å². The van der Waals surface area contributed by atoms with Crippen LogP contribution in [0.1, 0.15) is 17.4 Å². The standard InChI is InChI=1S/C17H16N4OS/c1-13(19-20-17(22)11-16-3-2-10-23-16)14-4-6-15(7-5-14)21-9-8-18-12-21/h2-10,12H,11H2,1H3,(H,20,22)/b19-13-. The van der Waals surface area contributed by atoms with Gasteiger partial charge < -0.3 is 4.57 Å². The monoisotopic (exact) mass is 324 g/mol. The summed E-state index contributed by atoms with van der Waals surface area (Å²) in [4.78, 5) is 16.9. The number of amides is 1. The number of benzene rings is 1. The Labute approximate surface area is 138 Å². The summed E-state index contributed by atoms with van der Waals surface area (Å²) < 4.78 is 1.93. The highest BCUT2D eigenvalue weighted by atomic mass is 32.1. The number of hydrogen-bond acceptors (Lipinski definition) is 4. The highest BCUT2D eigenvalue weighted by molar-refractivity contribution is 7.10. The zero-order chi connectivity index (χ0) is 16.1. The number of carbonyl (C=O) groups excluding carboxylic acids is 1. The number of thiophene rings is 1. The summed E-state index contributed by atoms with van der Waals surface area (Å²) in [7, 11) is 0. The Hall–Kier alpha value is -2.73. The van der Waals surface area contributed by atoms with Crippen LogP contribution >= 0.6 is 11.3 Å². The van der Waals surface area contributed by atoms with Crippen LogP contribution < -0.4 is 5.43 Å². The van der Waals surface area contributed by atoms with Gasteiger partial charge in [0, 0.05) is 23.0 Å². The molecule has 0 atom stereocenters. The fourth-order valence-corrected chi connectivity index (χ4v) is 2.81. The summed E-state index contributed by atoms with van der Waals surface area (Å²) in [5.74, 6) is -0.109. The van der Waals surface area contributed by atoms with Crippen molar-refractivity contribution in [3.63, 3.8) is 0 Å². The van der Waals surface area contributed by atoms with Gasteiger partial charge in [0.05, 0.1) is 18.5 Å². The third kappa shape index (κ3) is 3.92. The maximum Gasteiger partial charge on any atom is 0.245 e. The molecule has 0 fully saturated rings. The lowest BCUT2D eigenvalue weighted by Crippen LogP contribution is -2.20. The van der Waals surface area contributed by atoms with Crippen molar-refractivity contribution < 1.29 is 4.79 Å². The van der Waals surface area contributed by atoms with E-state index in [1.165, 1.54) is 0 Å². The molecule has 2 heterocycles. The molecule has 5 nitrogen and oxygen atoms in total. The lowest BCUT2D eigenvalue weighted by Gasteiger charge is -2.05. The van der Waals surface area contributed by atoms with Crippen molar-refractivity contribution in [3.8, 4) is 5.69 Å². The molecule has 0 aliphatic heterocycles. The number of carbonyl (C=O) groups is 1. The molecule has 0 saturated heterocycles. The summed E-state index contributed by atoms with van der Waals surface area (Å²) in [6.07, 6.45) is 5.74. The zero-order valence-corrected chi connectivity index (χ0v) is 13.5. The van der Waals surface area contributed by atoms with Gasteiger partial charge in [-0.1, -0.05) is 18.2 Å². The van der Waals surface area contributed by atoms with Gasteiger partial charge in [-0.2, -0.15) is 5.10 Å². The van der Waals surface area contributed by atoms with Gasteiger partial charge in [-0.25, -0.2) is 10.4 Å². The van der Waals surface area contributed by atoms with Gasteiger partial charge in [-0.15, -0.1) is 11.3 Å². The molecular weight excluding hydrogens is 308 g/mol. The van der Waals surface area contributed by atoms with Crippen molar-refractivity contribution in [2.75, 3.05) is 0 Å². The van der Waals surface area contributed by atoms with E-state index in [0.717, 1.165) is 21.8 Å². The Morgan fingerprint density at radius 2 is 2.13 bits per heavy atom. The van der Waals surface area contributed by atoms with Crippen LogP contribution in [0.4, 0.5) is 0 Å². The van der Waals surface area contributed by atoms with Crippen LogP contribution in [0.25, 0.3) is 5.69 Å². The Morgan fingerprint density at radius 1 is 1.30 bits per heavy atom. The molecule has 23 heavy (non-hydrogen) atoms. The number of rotatable bonds is 5. The van der Waals surface area contributed by atoms with Gasteiger partial charge in [0.25, 0.3) is 0 Å². The van der Waals surface area contributed by atoms with E-state index in [1.54, 1.807) is 23.9 Å². The summed E-state index contributed by atoms with van der Waals surface area (Å²) >= 11 is 1.57. The van der Waals surface area contributed by atoms with Gasteiger partial charge in [-0.05, 0) is 36.1 Å². The molecule has 0 aliphatic rings. The van der Waals surface area contributed by atoms with Crippen LogP contribution in [-0.4, -0.2) is 21.2 Å². The third-order valence-electron chi connectivity index (χ3n) is 3.35. The molecule has 1 aromatic carbocycles. The SMILES string of the molecule is C/C(=N/NC(=O)Cc1cccs1)c1ccc(-n2ccnc2)cc1. The Kier molecular flexibility index (Phi) is 4.63. The first-order valence-corrected chi connectivity index (χ1v) is 8.04. The molecule has 6 heteroatoms. The molecule has 0 spiro atoms. The summed E-state index contributed by atoms with van der Waals surface area (Å²) in [6, 6.07) is 11.8. The number of aromatic nitrogens is 2. The molecular formula is C17H16N4OS. The highest BCUT2D eigenvalue weighted by Gasteiger charge is 2.04. The van der Waals surface area contributed by atoms with Crippen molar-refractivity contribution in [2.24, 2.45) is 5.10 Å². The van der Waals surface area contributed by atoms with Crippen LogP contribution in [0.3, 0.4) is 0 Å². The first kappa shape index (κ1) is 15.2. The predicted octanol–water partition coefficient (Wildman–Crippen LogP) is 3.02. The van der Waals surface area contributed by atoms with Crippen LogP contribution in [0.15, 0.2) is 65.6 Å². The molecule has 0 radical (unpaired) electrons. The average molecular weight is 324 g/mol. The maximum absolute atomic E-state index is 11.8. The van der Waals surface area contributed by atoms with Gasteiger partial charge in [0.1, 0.15) is 0 Å². The van der Waals surface area contributed by atoms with Crippen molar-refractivity contribution in [1.29, 1.82) is 0 Å². The lowest BCUT2D eigenvalue weighted by molar-refractivity contribution is -0.120. The van der Waals surface area contributed by atoms with E-state index in [4.69, 9.17) is 0 Å². The zero-order valence-electron chi connectivity index (χ0n) is 12.6. The van der Waals surface area contributed by atoms with Gasteiger partial charge in [0.2, 0.25) is 5.91 Å². The van der Waals surface area contributed by atoms with Crippen LogP contribution in [0.5, 0.6) is 0 Å². The number of nitrogens with zero attached hydrogens (tertiary/aromatic N) is 3. The van der Waals surface area contributed by atoms with Gasteiger partial charge in [-0.3, -0.25) is 4.79 Å². The second-order valence-electron chi connectivity index (χ2n) is 5.01. The van der Waals surface area contributed by atoms with Crippen molar-refractivity contribution in [2.45, 2.75) is 13.3 Å². The fourth-order valence-electron chi connectivity index (χ4n) is 2.11. The normalized spacial score (nSPS) is 11.4. The molecule has 1 N–H and O–H groups in total. The number of hydrogen-bond donors (Lipinski definition) is 1. The minimum atomic E-state index is -0.109. The molecule has 1 amide bonds. The minimum absolute atomic E-state index is 0.109. The van der Waals surface area contributed by atoms with E-state index >= 15 is 0 Å². The molecule has 3 aromatic rings. The van der Waals surface area contributed by atoms with Crippen molar-refractivity contribution >= 4 is 23.0 Å². The minimum Gasteiger partial charge on any atom is -0.306 e. The molecule has 116 valence electrons. The van der Waals surface area contributed by atoms with E-state index in [9.17, 15) is 4.79 Å². The highest BCUT2D eigenvalue weighted by Crippen LogP contribution is 2.11. The van der Waals surface area contributed by atoms with Crippen molar-refractivity contribution in [1.82, 2.24) is 15.0 Å². The number of hydrazone groups is 1. The Bertz CT molecular complexity index is 790. The molecule has 0 bridgehead atoms. The second kappa shape index (κ2) is 7.02. The Morgan fingerprint density at radius 3 is 2.78 bits per heavy atom. The first-order valence-electron chi connectivity index (χ1n) is 7.16. The molecule has 0 aliphatic carbocycles. The van der Waals surface area contributed by atoms with Crippen LogP contribution in [-0.2, 0) is 11.2 Å². The largest absolute Gasteiger partial charge is 0.306 e. The number of imidazole rings is 1. The van der Waals surface area contributed by atoms with Crippen molar-refractivity contribution in [3.05, 3.63) is 70.9 Å². The molecule has 0 saturated carbocycles. The summed E-state index contributed by atoms with van der Waals surface area (Å²) in [6.45, 7) is 1.87. The van der Waals surface area contributed by atoms with Gasteiger partial charge >= 0.3 is 0 Å². The van der Waals surface area contributed by atoms with E-state index < -0.39 is 0 Å². The van der Waals surface area contributed by atoms with E-state index in [2.05, 4.69) is 15.5 Å². The first-order chi connectivity index (χ1) is 11.2. The predicted molar refractivity (Wildman–Crippen MR) is 91.9 cm³/mol. The smallest absolute Gasteiger partial charge is 0.245 e. The topological polar surface area (TPSA) is 59.3 Å². The van der Waals surface area contributed by atoms with E-state index in [1.807, 2.05) is 59.5 Å². The second-order valence-corrected chi connectivity index (χ2v) is 6.04. The quantitative estimate of drug-likeness (QED) is 0.579.